The van der Waals surface area contributed by atoms with E-state index < -0.39 is 6.10 Å². The maximum Gasteiger partial charge on any atom is 0.130 e. The number of rotatable bonds is 8. The number of aromatic nitrogens is 1. The second-order valence-electron chi connectivity index (χ2n) is 8.69. The van der Waals surface area contributed by atoms with Crippen LogP contribution in [0.2, 0.25) is 0 Å². The predicted octanol–water partition coefficient (Wildman–Crippen LogP) is 7.41. The summed E-state index contributed by atoms with van der Waals surface area (Å²) in [5.74, 6) is 0.299. The van der Waals surface area contributed by atoms with E-state index in [2.05, 4.69) is 34.3 Å². The summed E-state index contributed by atoms with van der Waals surface area (Å²) in [5.41, 5.74) is 5.83. The summed E-state index contributed by atoms with van der Waals surface area (Å²) >= 11 is 0. The molecular weight excluding hydrogens is 401 g/mol. The molecule has 1 atom stereocenters. The van der Waals surface area contributed by atoms with Crippen LogP contribution >= 0.6 is 0 Å². The molecule has 3 rings (SSSR count). The molecule has 2 aromatic carbocycles. The van der Waals surface area contributed by atoms with Gasteiger partial charge in [-0.3, -0.25) is 4.98 Å². The zero-order valence-electron chi connectivity index (χ0n) is 19.5. The summed E-state index contributed by atoms with van der Waals surface area (Å²) in [5, 5.41) is 10.8. The Morgan fingerprint density at radius 2 is 1.66 bits per heavy atom. The molecule has 32 heavy (non-hydrogen) atoms. The predicted molar refractivity (Wildman–Crippen MR) is 129 cm³/mol. The molecule has 3 nitrogen and oxygen atoms in total. The van der Waals surface area contributed by atoms with Crippen molar-refractivity contribution in [3.8, 4) is 16.9 Å². The fourth-order valence-electron chi connectivity index (χ4n) is 4.01. The molecule has 168 valence electrons. The maximum atomic E-state index is 14.3. The van der Waals surface area contributed by atoms with Crippen LogP contribution in [0.1, 0.15) is 80.6 Å². The van der Waals surface area contributed by atoms with Gasteiger partial charge in [-0.1, -0.05) is 70.7 Å². The number of benzene rings is 2. The summed E-state index contributed by atoms with van der Waals surface area (Å²) in [6.07, 6.45) is 1.01. The third-order valence-electron chi connectivity index (χ3n) is 5.50. The lowest BCUT2D eigenvalue weighted by atomic mass is 9.85. The molecule has 0 aliphatic carbocycles. The Morgan fingerprint density at radius 3 is 2.22 bits per heavy atom. The lowest BCUT2D eigenvalue weighted by Crippen LogP contribution is -2.13. The molecule has 0 radical (unpaired) electrons. The summed E-state index contributed by atoms with van der Waals surface area (Å²) in [7, 11) is 0. The summed E-state index contributed by atoms with van der Waals surface area (Å²) in [6, 6.07) is 14.3. The van der Waals surface area contributed by atoms with E-state index in [4.69, 9.17) is 9.72 Å². The van der Waals surface area contributed by atoms with Gasteiger partial charge in [0, 0.05) is 34.0 Å². The van der Waals surface area contributed by atoms with Gasteiger partial charge >= 0.3 is 0 Å². The molecule has 0 aliphatic heterocycles. The molecule has 0 spiro atoms. The molecule has 1 heterocycles. The molecular formula is C28H32FNO2. The van der Waals surface area contributed by atoms with Crippen LogP contribution < -0.4 is 4.74 Å². The first-order valence-electron chi connectivity index (χ1n) is 11.1. The number of nitrogens with zero attached hydrogens (tertiary/aromatic N) is 1. The molecule has 0 fully saturated rings. The topological polar surface area (TPSA) is 42.4 Å². The Labute approximate surface area is 190 Å². The van der Waals surface area contributed by atoms with Gasteiger partial charge in [0.1, 0.15) is 18.2 Å². The zero-order valence-corrected chi connectivity index (χ0v) is 19.5. The van der Waals surface area contributed by atoms with Crippen molar-refractivity contribution in [1.82, 2.24) is 4.98 Å². The Balaban J connectivity index is 2.29. The average Bonchev–Trinajstić information content (AvgIpc) is 2.76. The standard InChI is InChI=1S/C28H32FNO2/c1-7-22-26(25(19(6)31)28(18(4)5)30-27(22)17(2)3)23-14-13-21(29)15-24(23)32-16-20-11-9-8-10-12-20/h7-15,17-19,31H,1,16H2,2-6H3. The minimum atomic E-state index is -0.762. The second-order valence-corrected chi connectivity index (χ2v) is 8.69. The minimum Gasteiger partial charge on any atom is -0.488 e. The molecule has 0 amide bonds. The lowest BCUT2D eigenvalue weighted by Gasteiger charge is -2.26. The van der Waals surface area contributed by atoms with Crippen molar-refractivity contribution in [1.29, 1.82) is 0 Å². The van der Waals surface area contributed by atoms with Gasteiger partial charge in [-0.05, 0) is 36.5 Å². The quantitative estimate of drug-likeness (QED) is 0.402. The molecule has 0 saturated carbocycles. The van der Waals surface area contributed by atoms with Crippen LogP contribution in [0.3, 0.4) is 0 Å². The lowest BCUT2D eigenvalue weighted by molar-refractivity contribution is 0.197. The van der Waals surface area contributed by atoms with Crippen LogP contribution in [-0.2, 0) is 6.61 Å². The van der Waals surface area contributed by atoms with Gasteiger partial charge in [0.2, 0.25) is 0 Å². The highest BCUT2D eigenvalue weighted by atomic mass is 19.1. The van der Waals surface area contributed by atoms with E-state index in [9.17, 15) is 9.50 Å². The van der Waals surface area contributed by atoms with Gasteiger partial charge in [-0.2, -0.15) is 0 Å². The molecule has 1 aromatic heterocycles. The third kappa shape index (κ3) is 4.91. The molecule has 1 unspecified atom stereocenters. The van der Waals surface area contributed by atoms with Crippen LogP contribution in [0.5, 0.6) is 5.75 Å². The Kier molecular flexibility index (Phi) is 7.47. The third-order valence-corrected chi connectivity index (χ3v) is 5.50. The Morgan fingerprint density at radius 1 is 1.00 bits per heavy atom. The van der Waals surface area contributed by atoms with Gasteiger partial charge in [-0.15, -0.1) is 0 Å². The van der Waals surface area contributed by atoms with Crippen LogP contribution in [0, 0.1) is 5.82 Å². The van der Waals surface area contributed by atoms with Gasteiger partial charge in [0.05, 0.1) is 11.8 Å². The molecule has 4 heteroatoms. The highest BCUT2D eigenvalue weighted by Gasteiger charge is 2.26. The van der Waals surface area contributed by atoms with Gasteiger partial charge in [-0.25, -0.2) is 4.39 Å². The average molecular weight is 434 g/mol. The van der Waals surface area contributed by atoms with Crippen LogP contribution in [-0.4, -0.2) is 10.1 Å². The number of ether oxygens (including phenoxy) is 1. The van der Waals surface area contributed by atoms with Crippen molar-refractivity contribution in [2.75, 3.05) is 0 Å². The monoisotopic (exact) mass is 433 g/mol. The number of halogens is 1. The van der Waals surface area contributed by atoms with Gasteiger partial charge in [0.25, 0.3) is 0 Å². The normalized spacial score (nSPS) is 12.3. The first-order valence-corrected chi connectivity index (χ1v) is 11.1. The summed E-state index contributed by atoms with van der Waals surface area (Å²) in [6.45, 7) is 14.4. The van der Waals surface area contributed by atoms with E-state index in [1.165, 1.54) is 12.1 Å². The van der Waals surface area contributed by atoms with E-state index >= 15 is 0 Å². The van der Waals surface area contributed by atoms with Crippen molar-refractivity contribution in [3.05, 3.63) is 89.0 Å². The number of aliphatic hydroxyl groups excluding tert-OH is 1. The minimum absolute atomic E-state index is 0.101. The van der Waals surface area contributed by atoms with Crippen molar-refractivity contribution in [2.45, 2.75) is 59.2 Å². The first-order chi connectivity index (χ1) is 15.2. The van der Waals surface area contributed by atoms with Crippen molar-refractivity contribution in [3.63, 3.8) is 0 Å². The van der Waals surface area contributed by atoms with Gasteiger partial charge < -0.3 is 9.84 Å². The maximum absolute atomic E-state index is 14.3. The fourth-order valence-corrected chi connectivity index (χ4v) is 4.01. The summed E-state index contributed by atoms with van der Waals surface area (Å²) < 4.78 is 20.4. The largest absolute Gasteiger partial charge is 0.488 e. The van der Waals surface area contributed by atoms with Gasteiger partial charge in [0.15, 0.2) is 0 Å². The van der Waals surface area contributed by atoms with E-state index in [0.717, 1.165) is 39.2 Å². The highest BCUT2D eigenvalue weighted by Crippen LogP contribution is 2.43. The van der Waals surface area contributed by atoms with E-state index in [0.29, 0.717) is 12.4 Å². The molecule has 0 bridgehead atoms. The molecule has 3 aromatic rings. The first kappa shape index (κ1) is 23.7. The Bertz CT molecular complexity index is 1090. The number of pyridine rings is 1. The summed E-state index contributed by atoms with van der Waals surface area (Å²) in [4.78, 5) is 4.94. The smallest absolute Gasteiger partial charge is 0.130 e. The zero-order chi connectivity index (χ0) is 23.4. The number of aliphatic hydroxyl groups is 1. The highest BCUT2D eigenvalue weighted by molar-refractivity contribution is 5.83. The van der Waals surface area contributed by atoms with Crippen molar-refractivity contribution in [2.24, 2.45) is 0 Å². The van der Waals surface area contributed by atoms with E-state index in [1.807, 2.05) is 30.3 Å². The Hall–Kier alpha value is -2.98. The van der Waals surface area contributed by atoms with Crippen molar-refractivity contribution < 1.29 is 14.2 Å². The number of hydrogen-bond acceptors (Lipinski definition) is 3. The van der Waals surface area contributed by atoms with E-state index in [-0.39, 0.29) is 17.7 Å². The number of hydrogen-bond donors (Lipinski definition) is 1. The van der Waals surface area contributed by atoms with Crippen LogP contribution in [0.15, 0.2) is 55.1 Å². The second kappa shape index (κ2) is 10.1. The fraction of sp³-hybridized carbons (Fsp3) is 0.321. The van der Waals surface area contributed by atoms with Crippen molar-refractivity contribution >= 4 is 6.08 Å². The molecule has 0 aliphatic rings. The van der Waals surface area contributed by atoms with Crippen LogP contribution in [0.25, 0.3) is 17.2 Å². The van der Waals surface area contributed by atoms with E-state index in [1.54, 1.807) is 19.1 Å². The SMILES string of the molecule is C=Cc1c(C(C)C)nc(C(C)C)c(C(C)O)c1-c1ccc(F)cc1OCc1ccccc1. The molecule has 0 saturated heterocycles. The van der Waals surface area contributed by atoms with Crippen LogP contribution in [0.4, 0.5) is 4.39 Å². The molecule has 1 N–H and O–H groups in total.